The van der Waals surface area contributed by atoms with Gasteiger partial charge in [-0.15, -0.1) is 0 Å². The molecular weight excluding hydrogens is 344 g/mol. The van der Waals surface area contributed by atoms with Crippen LogP contribution in [0.4, 0.5) is 11.6 Å². The summed E-state index contributed by atoms with van der Waals surface area (Å²) < 4.78 is 10.6. The van der Waals surface area contributed by atoms with Crippen LogP contribution in [0.15, 0.2) is 54.7 Å². The smallest absolute Gasteiger partial charge is 0.274 e. The predicted molar refractivity (Wildman–Crippen MR) is 101 cm³/mol. The van der Waals surface area contributed by atoms with Gasteiger partial charge in [0, 0.05) is 24.5 Å². The third-order valence-corrected chi connectivity index (χ3v) is 4.22. The van der Waals surface area contributed by atoms with Gasteiger partial charge in [-0.3, -0.25) is 4.79 Å². The lowest BCUT2D eigenvalue weighted by atomic mass is 10.1. The number of hydrogen-bond acceptors (Lipinski definition) is 6. The maximum absolute atomic E-state index is 12.5. The van der Waals surface area contributed by atoms with Crippen molar-refractivity contribution in [3.63, 3.8) is 0 Å². The highest BCUT2D eigenvalue weighted by Crippen LogP contribution is 2.34. The van der Waals surface area contributed by atoms with Crippen molar-refractivity contribution in [3.8, 4) is 11.5 Å². The zero-order valence-electron chi connectivity index (χ0n) is 14.7. The number of nitrogens with one attached hydrogen (secondary N) is 2. The summed E-state index contributed by atoms with van der Waals surface area (Å²) in [4.78, 5) is 21.0. The van der Waals surface area contributed by atoms with Crippen molar-refractivity contribution in [2.24, 2.45) is 0 Å². The van der Waals surface area contributed by atoms with E-state index in [2.05, 4.69) is 20.6 Å². The van der Waals surface area contributed by atoms with Gasteiger partial charge in [-0.2, -0.15) is 0 Å². The first-order valence-electron chi connectivity index (χ1n) is 8.51. The van der Waals surface area contributed by atoms with Crippen LogP contribution in [-0.2, 0) is 6.54 Å². The van der Waals surface area contributed by atoms with E-state index in [1.807, 2.05) is 31.2 Å². The number of hydrogen-bond donors (Lipinski definition) is 2. The highest BCUT2D eigenvalue weighted by atomic mass is 16.7. The number of aryl methyl sites for hydroxylation is 1. The molecular formula is C20H18N4O3. The van der Waals surface area contributed by atoms with Gasteiger partial charge in [0.05, 0.1) is 0 Å². The largest absolute Gasteiger partial charge is 0.454 e. The number of anilines is 2. The van der Waals surface area contributed by atoms with E-state index < -0.39 is 0 Å². The Hall–Kier alpha value is -3.61. The molecule has 3 aromatic rings. The van der Waals surface area contributed by atoms with Crippen LogP contribution in [0.3, 0.4) is 0 Å². The molecule has 0 unspecified atom stereocenters. The van der Waals surface area contributed by atoms with Gasteiger partial charge in [-0.25, -0.2) is 9.97 Å². The van der Waals surface area contributed by atoms with Crippen LogP contribution in [0.5, 0.6) is 11.5 Å². The Morgan fingerprint density at radius 1 is 1.11 bits per heavy atom. The van der Waals surface area contributed by atoms with Crippen molar-refractivity contribution in [1.82, 2.24) is 9.97 Å². The van der Waals surface area contributed by atoms with E-state index in [4.69, 9.17) is 9.47 Å². The Morgan fingerprint density at radius 2 is 1.96 bits per heavy atom. The fourth-order valence-corrected chi connectivity index (χ4v) is 2.72. The molecule has 136 valence electrons. The van der Waals surface area contributed by atoms with Gasteiger partial charge in [0.2, 0.25) is 12.7 Å². The summed E-state index contributed by atoms with van der Waals surface area (Å²) in [6.45, 7) is 2.82. The molecule has 0 radical (unpaired) electrons. The van der Waals surface area contributed by atoms with Crippen LogP contribution >= 0.6 is 0 Å². The molecule has 0 aliphatic carbocycles. The normalized spacial score (nSPS) is 11.9. The molecule has 0 saturated carbocycles. The molecule has 0 atom stereocenters. The van der Waals surface area contributed by atoms with Crippen LogP contribution in [0.2, 0.25) is 0 Å². The molecule has 7 nitrogen and oxygen atoms in total. The van der Waals surface area contributed by atoms with Crippen LogP contribution in [0.1, 0.15) is 21.6 Å². The van der Waals surface area contributed by atoms with Gasteiger partial charge in [0.15, 0.2) is 11.5 Å². The molecule has 1 aliphatic heterocycles. The van der Waals surface area contributed by atoms with Crippen LogP contribution in [0.25, 0.3) is 0 Å². The molecule has 7 heteroatoms. The van der Waals surface area contributed by atoms with Crippen molar-refractivity contribution in [1.29, 1.82) is 0 Å². The fourth-order valence-electron chi connectivity index (χ4n) is 2.72. The van der Waals surface area contributed by atoms with Crippen molar-refractivity contribution in [2.75, 3.05) is 17.4 Å². The molecule has 27 heavy (non-hydrogen) atoms. The van der Waals surface area contributed by atoms with Crippen LogP contribution in [-0.4, -0.2) is 22.7 Å². The van der Waals surface area contributed by atoms with Crippen LogP contribution < -0.4 is 20.1 Å². The molecule has 1 amide bonds. The summed E-state index contributed by atoms with van der Waals surface area (Å²) >= 11 is 0. The third-order valence-electron chi connectivity index (χ3n) is 4.22. The molecule has 0 saturated heterocycles. The van der Waals surface area contributed by atoms with Crippen LogP contribution in [0, 0.1) is 6.92 Å². The minimum atomic E-state index is -0.324. The number of amides is 1. The van der Waals surface area contributed by atoms with E-state index >= 15 is 0 Å². The Kier molecular flexibility index (Phi) is 4.57. The average molecular weight is 362 g/mol. The summed E-state index contributed by atoms with van der Waals surface area (Å²) in [7, 11) is 0. The molecule has 2 N–H and O–H groups in total. The van der Waals surface area contributed by atoms with Crippen molar-refractivity contribution < 1.29 is 14.3 Å². The Labute approximate surface area is 156 Å². The second-order valence-electron chi connectivity index (χ2n) is 6.07. The topological polar surface area (TPSA) is 85.4 Å². The van der Waals surface area contributed by atoms with Crippen molar-refractivity contribution in [3.05, 3.63) is 71.5 Å². The monoisotopic (exact) mass is 362 g/mol. The number of nitrogens with zero attached hydrogens (tertiary/aromatic N) is 2. The van der Waals surface area contributed by atoms with E-state index in [0.717, 1.165) is 5.56 Å². The van der Waals surface area contributed by atoms with E-state index in [1.165, 1.54) is 5.56 Å². The number of carbonyl (C=O) groups excluding carboxylic acids is 1. The standard InChI is InChI=1S/C20H18N4O3/c1-13-4-2-3-5-14(13)11-22-20-21-9-8-16(24-20)19(25)23-15-6-7-17-18(10-15)27-12-26-17/h2-10H,11-12H2,1H3,(H,23,25)(H,21,22,24). The predicted octanol–water partition coefficient (Wildman–Crippen LogP) is 3.38. The lowest BCUT2D eigenvalue weighted by Crippen LogP contribution is -2.15. The molecule has 2 heterocycles. The van der Waals surface area contributed by atoms with Gasteiger partial charge in [-0.1, -0.05) is 24.3 Å². The molecule has 0 fully saturated rings. The zero-order chi connectivity index (χ0) is 18.6. The maximum atomic E-state index is 12.5. The summed E-state index contributed by atoms with van der Waals surface area (Å²) in [6, 6.07) is 14.9. The molecule has 1 aromatic heterocycles. The molecule has 0 bridgehead atoms. The second kappa shape index (κ2) is 7.33. The third kappa shape index (κ3) is 3.82. The number of fused-ring (bicyclic) bond motifs is 1. The first-order valence-corrected chi connectivity index (χ1v) is 8.51. The van der Waals surface area contributed by atoms with Gasteiger partial charge in [0.1, 0.15) is 5.69 Å². The van der Waals surface area contributed by atoms with E-state index in [0.29, 0.717) is 29.7 Å². The summed E-state index contributed by atoms with van der Waals surface area (Å²) in [6.07, 6.45) is 1.56. The summed E-state index contributed by atoms with van der Waals surface area (Å²) in [5.41, 5.74) is 3.21. The molecule has 2 aromatic carbocycles. The fraction of sp³-hybridized carbons (Fsp3) is 0.150. The van der Waals surface area contributed by atoms with E-state index in [-0.39, 0.29) is 18.4 Å². The van der Waals surface area contributed by atoms with Crippen molar-refractivity contribution >= 4 is 17.5 Å². The Morgan fingerprint density at radius 3 is 2.85 bits per heavy atom. The highest BCUT2D eigenvalue weighted by Gasteiger charge is 2.15. The maximum Gasteiger partial charge on any atom is 0.274 e. The Balaban J connectivity index is 1.44. The summed E-state index contributed by atoms with van der Waals surface area (Å²) in [5.74, 6) is 1.35. The van der Waals surface area contributed by atoms with E-state index in [1.54, 1.807) is 30.5 Å². The molecule has 1 aliphatic rings. The molecule has 4 rings (SSSR count). The lowest BCUT2D eigenvalue weighted by molar-refractivity contribution is 0.102. The van der Waals surface area contributed by atoms with Gasteiger partial charge in [-0.05, 0) is 36.2 Å². The highest BCUT2D eigenvalue weighted by molar-refractivity contribution is 6.03. The lowest BCUT2D eigenvalue weighted by Gasteiger charge is -2.09. The average Bonchev–Trinajstić information content (AvgIpc) is 3.15. The molecule has 0 spiro atoms. The zero-order valence-corrected chi connectivity index (χ0v) is 14.7. The SMILES string of the molecule is Cc1ccccc1CNc1nccc(C(=O)Nc2ccc3c(c2)OCO3)n1. The first kappa shape index (κ1) is 16.8. The number of ether oxygens (including phenoxy) is 2. The van der Waals surface area contributed by atoms with E-state index in [9.17, 15) is 4.79 Å². The number of rotatable bonds is 5. The summed E-state index contributed by atoms with van der Waals surface area (Å²) in [5, 5.41) is 5.96. The van der Waals surface area contributed by atoms with Gasteiger partial charge in [0.25, 0.3) is 5.91 Å². The second-order valence-corrected chi connectivity index (χ2v) is 6.07. The van der Waals surface area contributed by atoms with Crippen molar-refractivity contribution in [2.45, 2.75) is 13.5 Å². The quantitative estimate of drug-likeness (QED) is 0.724. The first-order chi connectivity index (χ1) is 13.2. The number of carbonyl (C=O) groups is 1. The number of aromatic nitrogens is 2. The van der Waals surface area contributed by atoms with Gasteiger partial charge >= 0.3 is 0 Å². The Bertz CT molecular complexity index is 990. The minimum absolute atomic E-state index is 0.189. The minimum Gasteiger partial charge on any atom is -0.454 e. The number of benzene rings is 2. The van der Waals surface area contributed by atoms with Gasteiger partial charge < -0.3 is 20.1 Å².